The largest absolute Gasteiger partial charge is 0.378 e. The van der Waals surface area contributed by atoms with E-state index in [2.05, 4.69) is 15.2 Å². The fraction of sp³-hybridized carbons (Fsp3) is 0.263. The van der Waals surface area contributed by atoms with Crippen LogP contribution in [0.3, 0.4) is 0 Å². The van der Waals surface area contributed by atoms with Gasteiger partial charge < -0.3 is 9.64 Å². The van der Waals surface area contributed by atoms with Gasteiger partial charge in [0, 0.05) is 31.0 Å². The van der Waals surface area contributed by atoms with Crippen molar-refractivity contribution in [1.82, 2.24) is 24.6 Å². The van der Waals surface area contributed by atoms with Crippen LogP contribution >= 0.6 is 23.4 Å². The molecule has 1 saturated heterocycles. The van der Waals surface area contributed by atoms with Crippen LogP contribution < -0.4 is 0 Å². The number of halogens is 1. The number of morpholine rings is 1. The van der Waals surface area contributed by atoms with Crippen molar-refractivity contribution < 1.29 is 9.53 Å². The monoisotopic (exact) mass is 415 g/mol. The lowest BCUT2D eigenvalue weighted by atomic mass is 10.2. The lowest BCUT2D eigenvalue weighted by Crippen LogP contribution is -2.41. The molecule has 3 heterocycles. The van der Waals surface area contributed by atoms with Gasteiger partial charge in [-0.1, -0.05) is 35.5 Å². The van der Waals surface area contributed by atoms with Crippen LogP contribution in [0.2, 0.25) is 5.02 Å². The van der Waals surface area contributed by atoms with Gasteiger partial charge in [0.2, 0.25) is 5.91 Å². The number of para-hydroxylation sites is 1. The molecule has 1 aliphatic rings. The Morgan fingerprint density at radius 2 is 1.86 bits per heavy atom. The lowest BCUT2D eigenvalue weighted by molar-refractivity contribution is -0.132. The van der Waals surface area contributed by atoms with E-state index >= 15 is 0 Å². The number of ether oxygens (including phenoxy) is 1. The van der Waals surface area contributed by atoms with E-state index in [0.717, 1.165) is 11.3 Å². The quantitative estimate of drug-likeness (QED) is 0.596. The predicted molar refractivity (Wildman–Crippen MR) is 108 cm³/mol. The van der Waals surface area contributed by atoms with E-state index in [0.29, 0.717) is 42.3 Å². The molecule has 2 aromatic heterocycles. The highest BCUT2D eigenvalue weighted by molar-refractivity contribution is 7.99. The lowest BCUT2D eigenvalue weighted by Gasteiger charge is -2.26. The molecular weight excluding hydrogens is 398 g/mol. The molecule has 0 N–H and O–H groups in total. The molecule has 144 valence electrons. The first-order chi connectivity index (χ1) is 13.7. The zero-order chi connectivity index (χ0) is 19.3. The van der Waals surface area contributed by atoms with Crippen molar-refractivity contribution >= 4 is 29.3 Å². The number of thioether (sulfide) groups is 1. The van der Waals surface area contributed by atoms with Crippen molar-refractivity contribution in [3.05, 3.63) is 53.8 Å². The number of hydrogen-bond acceptors (Lipinski definition) is 6. The fourth-order valence-corrected chi connectivity index (χ4v) is 4.00. The third-order valence-electron chi connectivity index (χ3n) is 4.35. The minimum Gasteiger partial charge on any atom is -0.378 e. The van der Waals surface area contributed by atoms with Gasteiger partial charge in [-0.25, -0.2) is 0 Å². The number of aromatic nitrogens is 4. The maximum absolute atomic E-state index is 12.5. The number of hydrogen-bond donors (Lipinski definition) is 0. The average Bonchev–Trinajstić information content (AvgIpc) is 3.17. The normalized spacial score (nSPS) is 14.2. The molecule has 0 spiro atoms. The van der Waals surface area contributed by atoms with Crippen molar-refractivity contribution in [3.8, 4) is 17.1 Å². The molecule has 28 heavy (non-hydrogen) atoms. The Hall–Kier alpha value is -2.42. The van der Waals surface area contributed by atoms with Crippen LogP contribution in [0.1, 0.15) is 0 Å². The van der Waals surface area contributed by atoms with Crippen molar-refractivity contribution in [3.63, 3.8) is 0 Å². The molecule has 7 nitrogen and oxygen atoms in total. The summed E-state index contributed by atoms with van der Waals surface area (Å²) < 4.78 is 7.19. The van der Waals surface area contributed by atoms with E-state index < -0.39 is 0 Å². The van der Waals surface area contributed by atoms with E-state index in [-0.39, 0.29) is 11.7 Å². The highest BCUT2D eigenvalue weighted by Gasteiger charge is 2.21. The molecule has 4 rings (SSSR count). The maximum Gasteiger partial charge on any atom is 0.233 e. The summed E-state index contributed by atoms with van der Waals surface area (Å²) in [6.45, 7) is 2.41. The molecule has 0 atom stereocenters. The number of benzene rings is 1. The van der Waals surface area contributed by atoms with Crippen LogP contribution in [-0.4, -0.2) is 62.6 Å². The predicted octanol–water partition coefficient (Wildman–Crippen LogP) is 2.93. The second kappa shape index (κ2) is 8.72. The van der Waals surface area contributed by atoms with Crippen molar-refractivity contribution in [2.75, 3.05) is 32.1 Å². The van der Waals surface area contributed by atoms with Gasteiger partial charge in [0.15, 0.2) is 11.0 Å². The van der Waals surface area contributed by atoms with Gasteiger partial charge >= 0.3 is 0 Å². The van der Waals surface area contributed by atoms with E-state index in [1.807, 2.05) is 45.9 Å². The zero-order valence-corrected chi connectivity index (χ0v) is 16.6. The molecule has 0 radical (unpaired) electrons. The number of carbonyl (C=O) groups is 1. The summed E-state index contributed by atoms with van der Waals surface area (Å²) in [7, 11) is 0. The summed E-state index contributed by atoms with van der Waals surface area (Å²) >= 11 is 7.80. The molecule has 0 saturated carbocycles. The van der Waals surface area contributed by atoms with Gasteiger partial charge in [-0.15, -0.1) is 10.2 Å². The average molecular weight is 416 g/mol. The Balaban J connectivity index is 1.65. The van der Waals surface area contributed by atoms with E-state index in [1.165, 1.54) is 11.8 Å². The van der Waals surface area contributed by atoms with E-state index in [4.69, 9.17) is 16.3 Å². The first-order valence-electron chi connectivity index (χ1n) is 8.83. The Bertz CT molecular complexity index is 960. The molecule has 9 heteroatoms. The number of pyridine rings is 1. The van der Waals surface area contributed by atoms with E-state index in [1.54, 1.807) is 12.4 Å². The third kappa shape index (κ3) is 4.04. The van der Waals surface area contributed by atoms with Crippen LogP contribution in [0.25, 0.3) is 17.1 Å². The summed E-state index contributed by atoms with van der Waals surface area (Å²) in [5, 5.41) is 9.88. The summed E-state index contributed by atoms with van der Waals surface area (Å²) in [6, 6.07) is 11.2. The van der Waals surface area contributed by atoms with Crippen LogP contribution in [0.15, 0.2) is 53.9 Å². The topological polar surface area (TPSA) is 73.1 Å². The number of rotatable bonds is 5. The van der Waals surface area contributed by atoms with Gasteiger partial charge in [0.05, 0.1) is 29.7 Å². The van der Waals surface area contributed by atoms with Gasteiger partial charge in [0.1, 0.15) is 0 Å². The second-order valence-corrected chi connectivity index (χ2v) is 7.46. The summed E-state index contributed by atoms with van der Waals surface area (Å²) in [5.41, 5.74) is 1.64. The molecule has 1 aliphatic heterocycles. The van der Waals surface area contributed by atoms with Gasteiger partial charge in [-0.2, -0.15) is 0 Å². The fourth-order valence-electron chi connectivity index (χ4n) is 2.93. The third-order valence-corrected chi connectivity index (χ3v) is 5.59. The summed E-state index contributed by atoms with van der Waals surface area (Å²) in [5.74, 6) is 0.989. The van der Waals surface area contributed by atoms with Crippen LogP contribution in [0, 0.1) is 0 Å². The van der Waals surface area contributed by atoms with Crippen molar-refractivity contribution in [2.45, 2.75) is 5.16 Å². The highest BCUT2D eigenvalue weighted by Crippen LogP contribution is 2.31. The molecular formula is C19H18ClN5O2S. The molecule has 1 aromatic carbocycles. The first-order valence-corrected chi connectivity index (χ1v) is 10.2. The molecule has 3 aromatic rings. The highest BCUT2D eigenvalue weighted by atomic mass is 35.5. The van der Waals surface area contributed by atoms with Crippen LogP contribution in [0.4, 0.5) is 0 Å². The SMILES string of the molecule is O=C(CSc1nnc(-c2ccncc2)n1-c1ccccc1Cl)N1CCOCC1. The number of nitrogens with zero attached hydrogens (tertiary/aromatic N) is 5. The van der Waals surface area contributed by atoms with Gasteiger partial charge in [0.25, 0.3) is 0 Å². The van der Waals surface area contributed by atoms with Crippen LogP contribution in [0.5, 0.6) is 0 Å². The molecule has 1 fully saturated rings. The Morgan fingerprint density at radius 1 is 1.11 bits per heavy atom. The smallest absolute Gasteiger partial charge is 0.233 e. The number of amides is 1. The summed E-state index contributed by atoms with van der Waals surface area (Å²) in [4.78, 5) is 18.4. The van der Waals surface area contributed by atoms with Crippen LogP contribution in [-0.2, 0) is 9.53 Å². The minimum absolute atomic E-state index is 0.0625. The van der Waals surface area contributed by atoms with Crippen molar-refractivity contribution in [1.29, 1.82) is 0 Å². The minimum atomic E-state index is 0.0625. The van der Waals surface area contributed by atoms with Gasteiger partial charge in [-0.3, -0.25) is 14.3 Å². The zero-order valence-electron chi connectivity index (χ0n) is 15.0. The van der Waals surface area contributed by atoms with Crippen molar-refractivity contribution in [2.24, 2.45) is 0 Å². The summed E-state index contributed by atoms with van der Waals surface area (Å²) in [6.07, 6.45) is 3.41. The Labute approximate surface area is 171 Å². The standard InChI is InChI=1S/C19H18ClN5O2S/c20-15-3-1-2-4-16(15)25-18(14-5-7-21-8-6-14)22-23-19(25)28-13-17(26)24-9-11-27-12-10-24/h1-8H,9-13H2. The Morgan fingerprint density at radius 3 is 2.61 bits per heavy atom. The van der Waals surface area contributed by atoms with Gasteiger partial charge in [-0.05, 0) is 24.3 Å². The molecule has 0 aliphatic carbocycles. The van der Waals surface area contributed by atoms with E-state index in [9.17, 15) is 4.79 Å². The number of carbonyl (C=O) groups excluding carboxylic acids is 1. The second-order valence-electron chi connectivity index (χ2n) is 6.11. The molecule has 0 bridgehead atoms. The Kier molecular flexibility index (Phi) is 5.90. The maximum atomic E-state index is 12.5. The molecule has 1 amide bonds. The molecule has 0 unspecified atom stereocenters. The first kappa shape index (κ1) is 18.9.